The zero-order chi connectivity index (χ0) is 12.3. The van der Waals surface area contributed by atoms with Crippen LogP contribution in [-0.4, -0.2) is 12.0 Å². The number of nitrogens with one attached hydrogen (secondary N) is 1. The summed E-state index contributed by atoms with van der Waals surface area (Å²) in [5.41, 5.74) is 1.01. The molecule has 90 valence electrons. The van der Waals surface area contributed by atoms with E-state index in [2.05, 4.69) is 26.2 Å². The lowest BCUT2D eigenvalue weighted by atomic mass is 10.1. The van der Waals surface area contributed by atoms with Gasteiger partial charge in [0.2, 0.25) is 0 Å². The van der Waals surface area contributed by atoms with Crippen LogP contribution in [0.5, 0.6) is 0 Å². The molecule has 2 nitrogen and oxygen atoms in total. The molecule has 1 N–H and O–H groups in total. The van der Waals surface area contributed by atoms with Gasteiger partial charge in [-0.1, -0.05) is 12.1 Å². The second-order valence-electron chi connectivity index (χ2n) is 3.61. The van der Waals surface area contributed by atoms with Gasteiger partial charge in [-0.25, -0.2) is 9.37 Å². The van der Waals surface area contributed by atoms with Gasteiger partial charge >= 0.3 is 0 Å². The normalized spacial score (nSPS) is 10.5. The Labute approximate surface area is 112 Å². The summed E-state index contributed by atoms with van der Waals surface area (Å²) in [6, 6.07) is 6.72. The number of hydrogen-bond acceptors (Lipinski definition) is 3. The van der Waals surface area contributed by atoms with Gasteiger partial charge in [-0.3, -0.25) is 0 Å². The standard InChI is InChI=1S/C12H12BrFN2S/c1-15-12-16-11(13)10(17-12)6-5-8-3-2-4-9(14)7-8/h2-4,7H,5-6H2,1H3,(H,15,16). The Balaban J connectivity index is 2.04. The van der Waals surface area contributed by atoms with Crippen LogP contribution in [0, 0.1) is 5.82 Å². The molecule has 0 saturated heterocycles. The highest BCUT2D eigenvalue weighted by Crippen LogP contribution is 2.28. The van der Waals surface area contributed by atoms with Gasteiger partial charge < -0.3 is 5.32 Å². The molecule has 0 aliphatic heterocycles. The van der Waals surface area contributed by atoms with Crippen molar-refractivity contribution in [2.75, 3.05) is 12.4 Å². The summed E-state index contributed by atoms with van der Waals surface area (Å²) < 4.78 is 13.9. The Morgan fingerprint density at radius 2 is 2.24 bits per heavy atom. The zero-order valence-electron chi connectivity index (χ0n) is 9.34. The SMILES string of the molecule is CNc1nc(Br)c(CCc2cccc(F)c2)s1. The molecule has 0 radical (unpaired) electrons. The largest absolute Gasteiger partial charge is 0.365 e. The molecule has 1 aromatic heterocycles. The minimum atomic E-state index is -0.179. The molecule has 0 spiro atoms. The summed E-state index contributed by atoms with van der Waals surface area (Å²) in [6.07, 6.45) is 1.69. The molecule has 5 heteroatoms. The summed E-state index contributed by atoms with van der Waals surface area (Å²) in [4.78, 5) is 5.49. The number of aromatic nitrogens is 1. The van der Waals surface area contributed by atoms with E-state index in [1.165, 1.54) is 10.9 Å². The average molecular weight is 315 g/mol. The molecule has 0 aliphatic rings. The van der Waals surface area contributed by atoms with E-state index in [9.17, 15) is 4.39 Å². The van der Waals surface area contributed by atoms with Crippen molar-refractivity contribution in [2.24, 2.45) is 0 Å². The van der Waals surface area contributed by atoms with E-state index in [1.54, 1.807) is 23.5 Å². The molecule has 2 aromatic rings. The first kappa shape index (κ1) is 12.5. The molecule has 0 unspecified atom stereocenters. The molecule has 0 aliphatic carbocycles. The van der Waals surface area contributed by atoms with E-state index >= 15 is 0 Å². The number of thiazole rings is 1. The van der Waals surface area contributed by atoms with Crippen LogP contribution < -0.4 is 5.32 Å². The van der Waals surface area contributed by atoms with Crippen LogP contribution in [0.2, 0.25) is 0 Å². The van der Waals surface area contributed by atoms with Crippen LogP contribution in [0.4, 0.5) is 9.52 Å². The number of benzene rings is 1. The highest BCUT2D eigenvalue weighted by molar-refractivity contribution is 9.10. The fourth-order valence-corrected chi connectivity index (χ4v) is 3.09. The molecule has 2 rings (SSSR count). The fourth-order valence-electron chi connectivity index (χ4n) is 1.54. The van der Waals surface area contributed by atoms with Gasteiger partial charge in [0.05, 0.1) is 0 Å². The van der Waals surface area contributed by atoms with Crippen molar-refractivity contribution in [3.63, 3.8) is 0 Å². The molecular formula is C12H12BrFN2S. The van der Waals surface area contributed by atoms with Gasteiger partial charge in [0.1, 0.15) is 10.4 Å². The zero-order valence-corrected chi connectivity index (χ0v) is 11.7. The van der Waals surface area contributed by atoms with Crippen LogP contribution in [0.3, 0.4) is 0 Å². The maximum absolute atomic E-state index is 13.0. The Bertz CT molecular complexity index is 513. The van der Waals surface area contributed by atoms with Crippen LogP contribution in [0.1, 0.15) is 10.4 Å². The van der Waals surface area contributed by atoms with E-state index in [-0.39, 0.29) is 5.82 Å². The van der Waals surface area contributed by atoms with Gasteiger partial charge in [0, 0.05) is 11.9 Å². The highest BCUT2D eigenvalue weighted by atomic mass is 79.9. The van der Waals surface area contributed by atoms with Crippen molar-refractivity contribution in [1.82, 2.24) is 4.98 Å². The molecule has 0 bridgehead atoms. The molecule has 0 amide bonds. The molecule has 1 aromatic carbocycles. The van der Waals surface area contributed by atoms with Crippen LogP contribution in [0.25, 0.3) is 0 Å². The number of rotatable bonds is 4. The number of anilines is 1. The molecule has 0 fully saturated rings. The average Bonchev–Trinajstić information content (AvgIpc) is 2.68. The Hall–Kier alpha value is -0.940. The number of hydrogen-bond donors (Lipinski definition) is 1. The molecular weight excluding hydrogens is 303 g/mol. The maximum Gasteiger partial charge on any atom is 0.183 e. The maximum atomic E-state index is 13.0. The van der Waals surface area contributed by atoms with E-state index in [1.807, 2.05) is 13.1 Å². The number of halogens is 2. The van der Waals surface area contributed by atoms with Gasteiger partial charge in [-0.05, 0) is 46.5 Å². The Morgan fingerprint density at radius 3 is 2.88 bits per heavy atom. The third kappa shape index (κ3) is 3.26. The van der Waals surface area contributed by atoms with E-state index < -0.39 is 0 Å². The lowest BCUT2D eigenvalue weighted by Crippen LogP contribution is -1.90. The molecule has 17 heavy (non-hydrogen) atoms. The third-order valence-electron chi connectivity index (χ3n) is 2.39. The third-order valence-corrected chi connectivity index (χ3v) is 4.44. The molecule has 1 heterocycles. The van der Waals surface area contributed by atoms with Crippen LogP contribution in [-0.2, 0) is 12.8 Å². The Morgan fingerprint density at radius 1 is 1.41 bits per heavy atom. The van der Waals surface area contributed by atoms with Gasteiger partial charge in [-0.2, -0.15) is 0 Å². The van der Waals surface area contributed by atoms with Gasteiger partial charge in [0.15, 0.2) is 5.13 Å². The first-order valence-corrected chi connectivity index (χ1v) is 6.87. The van der Waals surface area contributed by atoms with Crippen LogP contribution >= 0.6 is 27.3 Å². The second kappa shape index (κ2) is 5.60. The first-order valence-electron chi connectivity index (χ1n) is 5.26. The number of aryl methyl sites for hydroxylation is 2. The summed E-state index contributed by atoms with van der Waals surface area (Å²) in [7, 11) is 1.85. The van der Waals surface area contributed by atoms with Crippen molar-refractivity contribution in [2.45, 2.75) is 12.8 Å². The smallest absolute Gasteiger partial charge is 0.183 e. The molecule has 0 saturated carbocycles. The van der Waals surface area contributed by atoms with Crippen molar-refractivity contribution < 1.29 is 4.39 Å². The fraction of sp³-hybridized carbons (Fsp3) is 0.250. The quantitative estimate of drug-likeness (QED) is 0.926. The van der Waals surface area contributed by atoms with Crippen molar-refractivity contribution in [3.8, 4) is 0 Å². The van der Waals surface area contributed by atoms with Gasteiger partial charge in [-0.15, -0.1) is 11.3 Å². The monoisotopic (exact) mass is 314 g/mol. The lowest BCUT2D eigenvalue weighted by Gasteiger charge is -2.00. The summed E-state index contributed by atoms with van der Waals surface area (Å²) in [5.74, 6) is -0.179. The van der Waals surface area contributed by atoms with Crippen molar-refractivity contribution in [3.05, 3.63) is 45.1 Å². The lowest BCUT2D eigenvalue weighted by molar-refractivity contribution is 0.625. The summed E-state index contributed by atoms with van der Waals surface area (Å²) >= 11 is 5.05. The van der Waals surface area contributed by atoms with Gasteiger partial charge in [0.25, 0.3) is 0 Å². The van der Waals surface area contributed by atoms with Crippen LogP contribution in [0.15, 0.2) is 28.9 Å². The minimum absolute atomic E-state index is 0.179. The first-order chi connectivity index (χ1) is 8.19. The van der Waals surface area contributed by atoms with Crippen molar-refractivity contribution in [1.29, 1.82) is 0 Å². The molecule has 0 atom stereocenters. The predicted molar refractivity (Wildman–Crippen MR) is 73.2 cm³/mol. The summed E-state index contributed by atoms with van der Waals surface area (Å²) in [6.45, 7) is 0. The van der Waals surface area contributed by atoms with E-state index in [0.717, 1.165) is 28.1 Å². The van der Waals surface area contributed by atoms with Crippen molar-refractivity contribution >= 4 is 32.4 Å². The van der Waals surface area contributed by atoms with E-state index in [4.69, 9.17) is 0 Å². The predicted octanol–water partition coefficient (Wildman–Crippen LogP) is 3.87. The number of nitrogens with zero attached hydrogens (tertiary/aromatic N) is 1. The van der Waals surface area contributed by atoms with E-state index in [0.29, 0.717) is 0 Å². The summed E-state index contributed by atoms with van der Waals surface area (Å²) in [5, 5.41) is 3.91. The minimum Gasteiger partial charge on any atom is -0.365 e. The topological polar surface area (TPSA) is 24.9 Å². The highest BCUT2D eigenvalue weighted by Gasteiger charge is 2.08. The second-order valence-corrected chi connectivity index (χ2v) is 5.45. The Kier molecular flexibility index (Phi) is 4.12.